The number of rotatable bonds is 2. The van der Waals surface area contributed by atoms with Crippen LogP contribution in [-0.4, -0.2) is 16.9 Å². The maximum Gasteiger partial charge on any atom is 0.416 e. The van der Waals surface area contributed by atoms with Gasteiger partial charge in [-0.25, -0.2) is 14.8 Å². The summed E-state index contributed by atoms with van der Waals surface area (Å²) in [4.78, 5) is 19.7. The van der Waals surface area contributed by atoms with Crippen LogP contribution in [0.4, 0.5) is 13.2 Å². The Morgan fingerprint density at radius 1 is 1.18 bits per heavy atom. The van der Waals surface area contributed by atoms with Crippen LogP contribution in [0.5, 0.6) is 0 Å². The van der Waals surface area contributed by atoms with E-state index >= 15 is 0 Å². The van der Waals surface area contributed by atoms with E-state index in [1.165, 1.54) is 29.5 Å². The summed E-state index contributed by atoms with van der Waals surface area (Å²) in [5.41, 5.74) is 1.74. The number of alkyl halides is 3. The molecule has 2 aromatic rings. The maximum atomic E-state index is 12.5. The molecule has 0 radical (unpaired) electrons. The van der Waals surface area contributed by atoms with Gasteiger partial charge in [0.2, 0.25) is 5.90 Å². The van der Waals surface area contributed by atoms with Crippen LogP contribution in [0.1, 0.15) is 16.8 Å². The first-order chi connectivity index (χ1) is 10.4. The molecule has 0 spiro atoms. The summed E-state index contributed by atoms with van der Waals surface area (Å²) in [5.74, 6) is -0.692. The first kappa shape index (κ1) is 14.5. The van der Waals surface area contributed by atoms with Crippen molar-refractivity contribution in [2.45, 2.75) is 6.18 Å². The van der Waals surface area contributed by atoms with Gasteiger partial charge in [0, 0.05) is 10.9 Å². The maximum absolute atomic E-state index is 12.5. The van der Waals surface area contributed by atoms with Crippen LogP contribution in [0.25, 0.3) is 6.08 Å². The molecule has 2 heterocycles. The fourth-order valence-corrected chi connectivity index (χ4v) is 2.28. The Balaban J connectivity index is 1.88. The monoisotopic (exact) mass is 324 g/mol. The van der Waals surface area contributed by atoms with E-state index in [2.05, 4.69) is 9.98 Å². The highest BCUT2D eigenvalue weighted by Crippen LogP contribution is 2.29. The van der Waals surface area contributed by atoms with Crippen LogP contribution in [0.15, 0.2) is 45.8 Å². The quantitative estimate of drug-likeness (QED) is 0.627. The first-order valence-corrected chi connectivity index (χ1v) is 6.96. The Morgan fingerprint density at radius 2 is 1.91 bits per heavy atom. The summed E-state index contributed by atoms with van der Waals surface area (Å²) in [6.07, 6.45) is -2.96. The third-order valence-corrected chi connectivity index (χ3v) is 3.42. The van der Waals surface area contributed by atoms with Crippen molar-refractivity contribution in [3.8, 4) is 0 Å². The fourth-order valence-electron chi connectivity index (χ4n) is 1.77. The number of cyclic esters (lactones) is 1. The molecule has 0 unspecified atom stereocenters. The highest BCUT2D eigenvalue weighted by atomic mass is 32.1. The molecule has 0 amide bonds. The molecule has 22 heavy (non-hydrogen) atoms. The molecule has 1 aromatic heterocycles. The number of esters is 1. The number of carbonyl (C=O) groups excluding carboxylic acids is 1. The van der Waals surface area contributed by atoms with Gasteiger partial charge >= 0.3 is 12.1 Å². The second-order valence-corrected chi connectivity index (χ2v) is 5.04. The lowest BCUT2D eigenvalue weighted by Crippen LogP contribution is -2.08. The van der Waals surface area contributed by atoms with Crippen LogP contribution >= 0.6 is 11.3 Å². The summed E-state index contributed by atoms with van der Waals surface area (Å²) >= 11 is 1.36. The molecule has 112 valence electrons. The van der Waals surface area contributed by atoms with Crippen LogP contribution < -0.4 is 0 Å². The predicted octanol–water partition coefficient (Wildman–Crippen LogP) is 3.51. The van der Waals surface area contributed by atoms with Gasteiger partial charge in [-0.1, -0.05) is 0 Å². The minimum atomic E-state index is -4.41. The first-order valence-electron chi connectivity index (χ1n) is 6.02. The summed E-state index contributed by atoms with van der Waals surface area (Å²) in [5, 5.41) is 1.73. The molecule has 0 saturated carbocycles. The van der Waals surface area contributed by atoms with E-state index in [0.29, 0.717) is 11.3 Å². The summed E-state index contributed by atoms with van der Waals surface area (Å²) < 4.78 is 42.5. The van der Waals surface area contributed by atoms with Gasteiger partial charge in [-0.2, -0.15) is 13.2 Å². The molecule has 1 aliphatic heterocycles. The van der Waals surface area contributed by atoms with Crippen molar-refractivity contribution >= 4 is 29.3 Å². The van der Waals surface area contributed by atoms with E-state index in [1.807, 2.05) is 0 Å². The fraction of sp³-hybridized carbons (Fsp3) is 0.0714. The van der Waals surface area contributed by atoms with Crippen molar-refractivity contribution in [2.75, 3.05) is 0 Å². The number of benzene rings is 1. The number of halogens is 3. The van der Waals surface area contributed by atoms with Crippen molar-refractivity contribution in [1.29, 1.82) is 0 Å². The summed E-state index contributed by atoms with van der Waals surface area (Å²) in [7, 11) is 0. The molecule has 1 aliphatic rings. The lowest BCUT2D eigenvalue weighted by atomic mass is 10.1. The van der Waals surface area contributed by atoms with Crippen LogP contribution in [0.2, 0.25) is 0 Å². The highest BCUT2D eigenvalue weighted by Gasteiger charge is 2.31. The number of thiazole rings is 1. The van der Waals surface area contributed by atoms with Gasteiger partial charge in [-0.15, -0.1) is 11.3 Å². The molecule has 0 saturated heterocycles. The number of ether oxygens (including phenoxy) is 1. The second kappa shape index (κ2) is 5.38. The average Bonchev–Trinajstić information content (AvgIpc) is 3.09. The van der Waals surface area contributed by atoms with Crippen LogP contribution in [0, 0.1) is 0 Å². The van der Waals surface area contributed by atoms with Crippen LogP contribution in [-0.2, 0) is 15.7 Å². The van der Waals surface area contributed by atoms with E-state index in [1.54, 1.807) is 10.9 Å². The van der Waals surface area contributed by atoms with Crippen molar-refractivity contribution in [3.63, 3.8) is 0 Å². The van der Waals surface area contributed by atoms with Gasteiger partial charge in [0.15, 0.2) is 5.70 Å². The number of hydrogen-bond donors (Lipinski definition) is 0. The van der Waals surface area contributed by atoms with Gasteiger partial charge < -0.3 is 4.74 Å². The van der Waals surface area contributed by atoms with Gasteiger partial charge in [-0.3, -0.25) is 0 Å². The topological polar surface area (TPSA) is 51.5 Å². The van der Waals surface area contributed by atoms with E-state index in [4.69, 9.17) is 4.74 Å². The summed E-state index contributed by atoms with van der Waals surface area (Å²) in [6, 6.07) is 4.24. The Hall–Kier alpha value is -2.48. The third kappa shape index (κ3) is 2.91. The second-order valence-electron chi connectivity index (χ2n) is 4.32. The van der Waals surface area contributed by atoms with Gasteiger partial charge in [0.1, 0.15) is 0 Å². The van der Waals surface area contributed by atoms with Gasteiger partial charge in [-0.05, 0) is 30.3 Å². The largest absolute Gasteiger partial charge is 0.416 e. The molecular weight excluding hydrogens is 317 g/mol. The molecule has 0 aliphatic carbocycles. The number of hydrogen-bond acceptors (Lipinski definition) is 5. The molecule has 0 N–H and O–H groups in total. The average molecular weight is 324 g/mol. The van der Waals surface area contributed by atoms with Crippen LogP contribution in [0.3, 0.4) is 0 Å². The Bertz CT molecular complexity index is 762. The number of carbonyl (C=O) groups is 1. The molecule has 8 heteroatoms. The highest BCUT2D eigenvalue weighted by molar-refractivity contribution is 7.07. The Kier molecular flexibility index (Phi) is 3.53. The zero-order valence-electron chi connectivity index (χ0n) is 10.8. The predicted molar refractivity (Wildman–Crippen MR) is 74.2 cm³/mol. The summed E-state index contributed by atoms with van der Waals surface area (Å²) in [6.45, 7) is 0. The van der Waals surface area contributed by atoms with Gasteiger partial charge in [0.25, 0.3) is 0 Å². The lowest BCUT2D eigenvalue weighted by molar-refractivity contribution is -0.137. The van der Waals surface area contributed by atoms with Crippen molar-refractivity contribution in [2.24, 2.45) is 4.99 Å². The zero-order valence-corrected chi connectivity index (χ0v) is 11.6. The Labute approximate surface area is 126 Å². The van der Waals surface area contributed by atoms with E-state index < -0.39 is 17.7 Å². The minimum absolute atomic E-state index is 0.0276. The standard InChI is InChI=1S/C14H7F3N2O2S/c15-14(16,17)9-3-1-8(2-4-9)12-19-11(13(20)21-12)5-10-6-22-7-18-10/h1-7H. The number of aliphatic imine (C=N–C) groups is 1. The zero-order chi connectivity index (χ0) is 15.7. The van der Waals surface area contributed by atoms with Crippen molar-refractivity contribution in [1.82, 2.24) is 4.98 Å². The molecule has 0 bridgehead atoms. The molecule has 0 atom stereocenters. The van der Waals surface area contributed by atoms with Gasteiger partial charge in [0.05, 0.1) is 16.8 Å². The van der Waals surface area contributed by atoms with Crippen molar-refractivity contribution in [3.05, 3.63) is 57.7 Å². The number of nitrogens with zero attached hydrogens (tertiary/aromatic N) is 2. The minimum Gasteiger partial charge on any atom is -0.402 e. The SMILES string of the molecule is O=C1OC(c2ccc(C(F)(F)F)cc2)=NC1=Cc1cscn1. The lowest BCUT2D eigenvalue weighted by Gasteiger charge is -2.06. The molecular formula is C14H7F3N2O2S. The Morgan fingerprint density at radius 3 is 2.50 bits per heavy atom. The van der Waals surface area contributed by atoms with E-state index in [9.17, 15) is 18.0 Å². The smallest absolute Gasteiger partial charge is 0.402 e. The third-order valence-electron chi connectivity index (χ3n) is 2.82. The molecule has 3 rings (SSSR count). The molecule has 4 nitrogen and oxygen atoms in total. The van der Waals surface area contributed by atoms with E-state index in [0.717, 1.165) is 12.1 Å². The molecule has 0 fully saturated rings. The van der Waals surface area contributed by atoms with Crippen molar-refractivity contribution < 1.29 is 22.7 Å². The van der Waals surface area contributed by atoms with E-state index in [-0.39, 0.29) is 11.6 Å². The number of aromatic nitrogens is 1. The molecule has 1 aromatic carbocycles. The normalized spacial score (nSPS) is 16.8.